The highest BCUT2D eigenvalue weighted by Crippen LogP contribution is 2.37. The van der Waals surface area contributed by atoms with E-state index in [1.165, 1.54) is 24.3 Å². The van der Waals surface area contributed by atoms with E-state index in [9.17, 15) is 19.3 Å². The molecule has 1 aromatic carbocycles. The Bertz CT molecular complexity index is 1020. The first-order chi connectivity index (χ1) is 18.2. The number of allylic oxidation sites excluding steroid dienone is 10. The number of nitrogens with one attached hydrogen (secondary N) is 1. The lowest BCUT2D eigenvalue weighted by molar-refractivity contribution is -0.141. The molecule has 8 nitrogen and oxygen atoms in total. The van der Waals surface area contributed by atoms with E-state index in [1.807, 2.05) is 12.2 Å². The van der Waals surface area contributed by atoms with Gasteiger partial charge in [0.2, 0.25) is 5.91 Å². The van der Waals surface area contributed by atoms with Crippen molar-refractivity contribution in [2.24, 2.45) is 0 Å². The van der Waals surface area contributed by atoms with Gasteiger partial charge < -0.3 is 14.9 Å². The quantitative estimate of drug-likeness (QED) is 0.0925. The zero-order chi connectivity index (χ0) is 28.1. The predicted molar refractivity (Wildman–Crippen MR) is 151 cm³/mol. The van der Waals surface area contributed by atoms with Crippen molar-refractivity contribution in [1.29, 1.82) is 0 Å². The summed E-state index contributed by atoms with van der Waals surface area (Å²) in [6.45, 7) is 2.13. The van der Waals surface area contributed by atoms with Crippen molar-refractivity contribution in [3.05, 3.63) is 90.6 Å². The number of phosphoric ester groups is 1. The van der Waals surface area contributed by atoms with Gasteiger partial charge in [0.1, 0.15) is 11.8 Å². The van der Waals surface area contributed by atoms with Crippen molar-refractivity contribution < 1.29 is 33.6 Å². The molecule has 0 spiro atoms. The molecule has 0 aliphatic heterocycles. The molecule has 0 aliphatic rings. The van der Waals surface area contributed by atoms with Crippen LogP contribution in [0.1, 0.15) is 63.9 Å². The SMILES string of the molecule is CCC=CCC=CCC=CCC=CC/C=C\CCCC(=O)N[C@@H](Cc1ccc(OP(=O)(O)O)cc1)C(=O)O. The van der Waals surface area contributed by atoms with Crippen LogP contribution >= 0.6 is 7.82 Å². The molecule has 0 saturated carbocycles. The van der Waals surface area contributed by atoms with Crippen LogP contribution in [0.4, 0.5) is 0 Å². The third-order valence-corrected chi connectivity index (χ3v) is 5.60. The van der Waals surface area contributed by atoms with E-state index < -0.39 is 19.8 Å². The molecule has 0 radical (unpaired) electrons. The van der Waals surface area contributed by atoms with Crippen molar-refractivity contribution in [1.82, 2.24) is 5.32 Å². The summed E-state index contributed by atoms with van der Waals surface area (Å²) in [7, 11) is -4.66. The van der Waals surface area contributed by atoms with Gasteiger partial charge in [0.15, 0.2) is 0 Å². The second kappa shape index (κ2) is 19.9. The molecule has 1 atom stereocenters. The number of hydrogen-bond acceptors (Lipinski definition) is 4. The summed E-state index contributed by atoms with van der Waals surface area (Å²) in [5, 5.41) is 12.0. The minimum Gasteiger partial charge on any atom is -0.480 e. The molecule has 208 valence electrons. The first kappa shape index (κ1) is 32.8. The molecule has 9 heteroatoms. The molecular formula is C29H40NO7P. The molecule has 0 aromatic heterocycles. The van der Waals surface area contributed by atoms with Crippen LogP contribution in [0, 0.1) is 0 Å². The number of unbranched alkanes of at least 4 members (excludes halogenated alkanes) is 1. The second-order valence-electron chi connectivity index (χ2n) is 8.49. The van der Waals surface area contributed by atoms with E-state index in [2.05, 4.69) is 65.4 Å². The first-order valence-electron chi connectivity index (χ1n) is 12.8. The van der Waals surface area contributed by atoms with Crippen LogP contribution in [0.25, 0.3) is 0 Å². The normalized spacial score (nSPS) is 13.3. The fourth-order valence-corrected chi connectivity index (χ4v) is 3.67. The molecule has 0 unspecified atom stereocenters. The lowest BCUT2D eigenvalue weighted by Crippen LogP contribution is -2.42. The number of amides is 1. The summed E-state index contributed by atoms with van der Waals surface area (Å²) in [6.07, 6.45) is 27.5. The monoisotopic (exact) mass is 545 g/mol. The van der Waals surface area contributed by atoms with Crippen LogP contribution in [0.15, 0.2) is 85.0 Å². The van der Waals surface area contributed by atoms with Crippen molar-refractivity contribution in [3.63, 3.8) is 0 Å². The second-order valence-corrected chi connectivity index (χ2v) is 9.65. The number of rotatable bonds is 19. The Balaban J connectivity index is 2.23. The van der Waals surface area contributed by atoms with Crippen LogP contribution in [0.5, 0.6) is 5.75 Å². The number of carbonyl (C=O) groups is 2. The fraction of sp³-hybridized carbons (Fsp3) is 0.379. The number of carboxylic acid groups (broad SMARTS) is 1. The summed E-state index contributed by atoms with van der Waals surface area (Å²) in [6, 6.07) is 4.55. The van der Waals surface area contributed by atoms with E-state index in [1.54, 1.807) is 0 Å². The van der Waals surface area contributed by atoms with Crippen LogP contribution in [0.2, 0.25) is 0 Å². The first-order valence-corrected chi connectivity index (χ1v) is 14.4. The number of phosphoric acid groups is 1. The minimum atomic E-state index is -4.66. The van der Waals surface area contributed by atoms with Gasteiger partial charge in [0, 0.05) is 12.8 Å². The van der Waals surface area contributed by atoms with Gasteiger partial charge in [0.05, 0.1) is 0 Å². The molecule has 1 amide bonds. The Labute approximate surface area is 225 Å². The molecule has 0 fully saturated rings. The Hall–Kier alpha value is -3.19. The predicted octanol–water partition coefficient (Wildman–Crippen LogP) is 6.19. The number of carbonyl (C=O) groups excluding carboxylic acids is 1. The smallest absolute Gasteiger partial charge is 0.480 e. The van der Waals surface area contributed by atoms with E-state index in [0.717, 1.165) is 38.5 Å². The van der Waals surface area contributed by atoms with Gasteiger partial charge in [-0.1, -0.05) is 79.8 Å². The maximum absolute atomic E-state index is 12.2. The zero-order valence-electron chi connectivity index (χ0n) is 21.9. The van der Waals surface area contributed by atoms with Gasteiger partial charge in [-0.3, -0.25) is 14.6 Å². The zero-order valence-corrected chi connectivity index (χ0v) is 22.8. The van der Waals surface area contributed by atoms with E-state index >= 15 is 0 Å². The molecule has 4 N–H and O–H groups in total. The van der Waals surface area contributed by atoms with E-state index in [-0.39, 0.29) is 24.5 Å². The average Bonchev–Trinajstić information content (AvgIpc) is 2.85. The van der Waals surface area contributed by atoms with Crippen LogP contribution < -0.4 is 9.84 Å². The number of benzene rings is 1. The van der Waals surface area contributed by atoms with E-state index in [0.29, 0.717) is 12.0 Å². The Morgan fingerprint density at radius 3 is 1.84 bits per heavy atom. The Morgan fingerprint density at radius 1 is 0.868 bits per heavy atom. The molecule has 0 heterocycles. The van der Waals surface area contributed by atoms with Gasteiger partial charge in [-0.2, -0.15) is 0 Å². The van der Waals surface area contributed by atoms with Crippen molar-refractivity contribution in [2.45, 2.75) is 70.8 Å². The lowest BCUT2D eigenvalue weighted by atomic mass is 10.1. The molecular weight excluding hydrogens is 505 g/mol. The molecule has 0 saturated heterocycles. The molecule has 0 aliphatic carbocycles. The minimum absolute atomic E-state index is 0.0338. The number of aliphatic carboxylic acids is 1. The largest absolute Gasteiger partial charge is 0.524 e. The van der Waals surface area contributed by atoms with Crippen LogP contribution in [-0.2, 0) is 20.6 Å². The number of carboxylic acids is 1. The van der Waals surface area contributed by atoms with Crippen LogP contribution in [-0.4, -0.2) is 32.8 Å². The van der Waals surface area contributed by atoms with E-state index in [4.69, 9.17) is 9.79 Å². The summed E-state index contributed by atoms with van der Waals surface area (Å²) in [5.74, 6) is -1.54. The topological polar surface area (TPSA) is 133 Å². The van der Waals surface area contributed by atoms with Gasteiger partial charge in [-0.25, -0.2) is 9.36 Å². The summed E-state index contributed by atoms with van der Waals surface area (Å²) in [5.41, 5.74) is 0.578. The summed E-state index contributed by atoms with van der Waals surface area (Å²) in [4.78, 5) is 41.4. The van der Waals surface area contributed by atoms with Crippen molar-refractivity contribution in [2.75, 3.05) is 0 Å². The molecule has 1 aromatic rings. The summed E-state index contributed by atoms with van der Waals surface area (Å²) < 4.78 is 15.3. The summed E-state index contributed by atoms with van der Waals surface area (Å²) >= 11 is 0. The van der Waals surface area contributed by atoms with Gasteiger partial charge in [-0.15, -0.1) is 0 Å². The highest BCUT2D eigenvalue weighted by atomic mass is 31.2. The highest BCUT2D eigenvalue weighted by Gasteiger charge is 2.21. The maximum Gasteiger partial charge on any atom is 0.524 e. The average molecular weight is 546 g/mol. The Morgan fingerprint density at radius 2 is 1.37 bits per heavy atom. The van der Waals surface area contributed by atoms with Crippen LogP contribution in [0.3, 0.4) is 0 Å². The third-order valence-electron chi connectivity index (χ3n) is 5.15. The van der Waals surface area contributed by atoms with Gasteiger partial charge >= 0.3 is 13.8 Å². The molecule has 1 rings (SSSR count). The lowest BCUT2D eigenvalue weighted by Gasteiger charge is -2.15. The van der Waals surface area contributed by atoms with Crippen molar-refractivity contribution in [3.8, 4) is 5.75 Å². The fourth-order valence-electron chi connectivity index (χ4n) is 3.28. The van der Waals surface area contributed by atoms with Gasteiger partial charge in [-0.05, 0) is 62.6 Å². The maximum atomic E-state index is 12.2. The standard InChI is InChI=1S/C29H40NO7P/c1-2-3-4-5-6-7-8-9-10-11-12-13-14-15-16-17-18-19-28(31)30-27(29(32)33)24-25-20-22-26(23-21-25)37-38(34,35)36/h3-4,6-7,9-10,12-13,15-16,20-23,27H,2,5,8,11,14,17-19,24H2,1H3,(H,30,31)(H,32,33)(H2,34,35,36)/b4-3?,7-6?,10-9?,13-12?,16-15-/t27-/m0/s1. The van der Waals surface area contributed by atoms with Gasteiger partial charge in [0.25, 0.3) is 0 Å². The highest BCUT2D eigenvalue weighted by molar-refractivity contribution is 7.46. The molecule has 0 bridgehead atoms. The van der Waals surface area contributed by atoms with Crippen molar-refractivity contribution >= 4 is 19.7 Å². The third kappa shape index (κ3) is 18.1. The Kier molecular flexibility index (Phi) is 17.2. The number of hydrogen-bond donors (Lipinski definition) is 4. The molecule has 38 heavy (non-hydrogen) atoms.